The molecule has 8 nitrogen and oxygen atoms in total. The second kappa shape index (κ2) is 11.7. The van der Waals surface area contributed by atoms with Crippen LogP contribution in [0.3, 0.4) is 0 Å². The van der Waals surface area contributed by atoms with Crippen molar-refractivity contribution in [2.45, 2.75) is 32.5 Å². The second-order valence-corrected chi connectivity index (χ2v) is 8.82. The molecule has 1 saturated heterocycles. The number of hydrogen-bond acceptors (Lipinski definition) is 5. The predicted molar refractivity (Wildman–Crippen MR) is 126 cm³/mol. The Morgan fingerprint density at radius 1 is 1.16 bits per heavy atom. The zero-order valence-electron chi connectivity index (χ0n) is 20.2. The molecule has 0 atom stereocenters. The Balaban J connectivity index is 1.76. The molecule has 1 fully saturated rings. The number of amides is 3. The normalized spacial score (nSPS) is 15.2. The lowest BCUT2D eigenvalue weighted by molar-refractivity contribution is -0.145. The van der Waals surface area contributed by atoms with Crippen LogP contribution in [0.25, 0.3) is 0 Å². The zero-order valence-corrected chi connectivity index (χ0v) is 20.2. The Morgan fingerprint density at radius 3 is 2.38 bits per heavy atom. The molecule has 0 radical (unpaired) electrons. The number of piperidine rings is 1. The summed E-state index contributed by atoms with van der Waals surface area (Å²) < 4.78 is 52.5. The molecule has 1 aliphatic rings. The zero-order chi connectivity index (χ0) is 27.2. The Hall–Kier alpha value is -3.51. The van der Waals surface area contributed by atoms with Gasteiger partial charge in [0, 0.05) is 19.6 Å². The number of alkyl halides is 3. The van der Waals surface area contributed by atoms with Gasteiger partial charge in [0.15, 0.2) is 0 Å². The van der Waals surface area contributed by atoms with E-state index in [9.17, 15) is 31.9 Å². The van der Waals surface area contributed by atoms with Crippen LogP contribution in [0.15, 0.2) is 42.5 Å². The number of carbonyl (C=O) groups is 3. The summed E-state index contributed by atoms with van der Waals surface area (Å²) >= 11 is 0. The van der Waals surface area contributed by atoms with E-state index >= 15 is 0 Å². The maximum absolute atomic E-state index is 13.9. The Kier molecular flexibility index (Phi) is 8.87. The average molecular weight is 525 g/mol. The van der Waals surface area contributed by atoms with Gasteiger partial charge >= 0.3 is 6.18 Å². The minimum absolute atomic E-state index is 0.0460. The molecule has 0 aliphatic carbocycles. The highest BCUT2D eigenvalue weighted by molar-refractivity contribution is 5.84. The maximum atomic E-state index is 13.9. The van der Waals surface area contributed by atoms with E-state index in [4.69, 9.17) is 10.6 Å². The van der Waals surface area contributed by atoms with Gasteiger partial charge in [0.1, 0.15) is 5.82 Å². The van der Waals surface area contributed by atoms with E-state index in [2.05, 4.69) is 5.32 Å². The van der Waals surface area contributed by atoms with E-state index in [1.807, 2.05) is 0 Å². The van der Waals surface area contributed by atoms with E-state index in [0.717, 1.165) is 29.3 Å². The molecule has 12 heteroatoms. The first-order valence-corrected chi connectivity index (χ1v) is 11.6. The van der Waals surface area contributed by atoms with Crippen LogP contribution in [-0.4, -0.2) is 49.4 Å². The summed E-state index contributed by atoms with van der Waals surface area (Å²) in [6.45, 7) is 1.61. The largest absolute Gasteiger partial charge is 0.416 e. The highest BCUT2D eigenvalue weighted by atomic mass is 19.4. The Bertz CT molecular complexity index is 1120. The topological polar surface area (TPSA) is 105 Å². The van der Waals surface area contributed by atoms with Gasteiger partial charge in [-0.25, -0.2) is 4.39 Å². The van der Waals surface area contributed by atoms with Crippen LogP contribution in [0.1, 0.15) is 29.5 Å². The second-order valence-electron chi connectivity index (χ2n) is 8.82. The number of nitrogens with zero attached hydrogens (tertiary/aromatic N) is 2. The van der Waals surface area contributed by atoms with Gasteiger partial charge in [-0.1, -0.05) is 12.1 Å². The highest BCUT2D eigenvalue weighted by Crippen LogP contribution is 2.34. The molecule has 0 aromatic heterocycles. The summed E-state index contributed by atoms with van der Waals surface area (Å²) in [5.41, 5.74) is 4.42. The molecule has 3 N–H and O–H groups in total. The fourth-order valence-electron chi connectivity index (χ4n) is 4.11. The number of benzene rings is 2. The van der Waals surface area contributed by atoms with Crippen LogP contribution in [0.2, 0.25) is 0 Å². The van der Waals surface area contributed by atoms with E-state index < -0.39 is 28.9 Å². The summed E-state index contributed by atoms with van der Waals surface area (Å²) in [6, 6.07) is 8.33. The van der Waals surface area contributed by atoms with Crippen molar-refractivity contribution < 1.29 is 36.8 Å². The summed E-state index contributed by atoms with van der Waals surface area (Å²) in [5.74, 6) is -1.10. The van der Waals surface area contributed by atoms with Gasteiger partial charge < -0.3 is 16.0 Å². The number of hydroxylamine groups is 1. The molecule has 2 aromatic rings. The summed E-state index contributed by atoms with van der Waals surface area (Å²) in [6.07, 6.45) is -3.88. The Labute approximate surface area is 211 Å². The van der Waals surface area contributed by atoms with E-state index in [1.54, 1.807) is 13.0 Å². The van der Waals surface area contributed by atoms with Crippen molar-refractivity contribution in [3.05, 3.63) is 65.0 Å². The molecule has 200 valence electrons. The number of hydrogen-bond donors (Lipinski definition) is 2. The summed E-state index contributed by atoms with van der Waals surface area (Å²) in [4.78, 5) is 44.2. The molecule has 1 aliphatic heterocycles. The number of anilines is 1. The van der Waals surface area contributed by atoms with Crippen molar-refractivity contribution >= 4 is 23.9 Å². The average Bonchev–Trinajstić information content (AvgIpc) is 2.89. The first kappa shape index (κ1) is 28.1. The first-order valence-electron chi connectivity index (χ1n) is 11.6. The molecular weight excluding hydrogens is 496 g/mol. The quantitative estimate of drug-likeness (QED) is 0.298. The van der Waals surface area contributed by atoms with Crippen LogP contribution in [0.4, 0.5) is 23.2 Å². The lowest BCUT2D eigenvalue weighted by atomic mass is 9.78. The van der Waals surface area contributed by atoms with Crippen molar-refractivity contribution in [3.8, 4) is 0 Å². The van der Waals surface area contributed by atoms with Crippen molar-refractivity contribution in [2.75, 3.05) is 31.3 Å². The van der Waals surface area contributed by atoms with E-state index in [1.165, 1.54) is 17.0 Å². The third-order valence-electron chi connectivity index (χ3n) is 6.57. The molecule has 3 amide bonds. The van der Waals surface area contributed by atoms with Crippen LogP contribution in [-0.2, 0) is 31.9 Å². The van der Waals surface area contributed by atoms with Gasteiger partial charge in [0.25, 0.3) is 0 Å². The van der Waals surface area contributed by atoms with Gasteiger partial charge in [-0.15, -0.1) is 0 Å². The fraction of sp³-hybridized carbons (Fsp3) is 0.400. The first-order chi connectivity index (χ1) is 17.5. The lowest BCUT2D eigenvalue weighted by Gasteiger charge is -2.40. The van der Waals surface area contributed by atoms with Crippen LogP contribution in [0.5, 0.6) is 0 Å². The third-order valence-corrected chi connectivity index (χ3v) is 6.57. The fourth-order valence-corrected chi connectivity index (χ4v) is 4.11. The number of carbonyl (C=O) groups excluding carboxylic acids is 3. The third kappa shape index (κ3) is 6.63. The van der Waals surface area contributed by atoms with E-state index in [0.29, 0.717) is 11.1 Å². The maximum Gasteiger partial charge on any atom is 0.416 e. The highest BCUT2D eigenvalue weighted by Gasteiger charge is 2.43. The number of halogens is 4. The predicted octanol–water partition coefficient (Wildman–Crippen LogP) is 2.93. The minimum Gasteiger partial charge on any atom is -0.351 e. The van der Waals surface area contributed by atoms with Crippen molar-refractivity contribution in [1.82, 2.24) is 10.2 Å². The molecule has 0 spiro atoms. The van der Waals surface area contributed by atoms with Gasteiger partial charge in [0.2, 0.25) is 18.2 Å². The van der Waals surface area contributed by atoms with Crippen LogP contribution in [0, 0.1) is 18.2 Å². The summed E-state index contributed by atoms with van der Waals surface area (Å²) in [5, 5.41) is 3.55. The number of nitrogens with one attached hydrogen (secondary N) is 1. The molecule has 0 saturated carbocycles. The standard InChI is InChI=1S/C25H28F4N4O4/c1-17-18(3-2-4-21(17)26)14-31-23(36)24(9-11-32(12-10-24)22(35)13-30)15-37-33(16-34)20-7-5-19(6-8-20)25(27,28)29/h2-8,16H,9-15,30H2,1H3,(H,31,36). The van der Waals surface area contributed by atoms with Crippen molar-refractivity contribution in [1.29, 1.82) is 0 Å². The van der Waals surface area contributed by atoms with E-state index in [-0.39, 0.29) is 63.6 Å². The van der Waals surface area contributed by atoms with Gasteiger partial charge in [-0.2, -0.15) is 18.2 Å². The molecule has 1 heterocycles. The van der Waals surface area contributed by atoms with Crippen LogP contribution >= 0.6 is 0 Å². The SMILES string of the molecule is Cc1c(F)cccc1CNC(=O)C1(CON(C=O)c2ccc(C(F)(F)F)cc2)CCN(C(=O)CN)CC1. The monoisotopic (exact) mass is 524 g/mol. The van der Waals surface area contributed by atoms with Gasteiger partial charge in [0.05, 0.1) is 29.8 Å². The van der Waals surface area contributed by atoms with Crippen molar-refractivity contribution in [2.24, 2.45) is 11.1 Å². The number of rotatable bonds is 9. The Morgan fingerprint density at radius 2 is 1.81 bits per heavy atom. The number of likely N-dealkylation sites (tertiary alicyclic amines) is 1. The molecule has 3 rings (SSSR count). The molecule has 0 unspecified atom stereocenters. The lowest BCUT2D eigenvalue weighted by Crippen LogP contribution is -2.53. The van der Waals surface area contributed by atoms with Crippen molar-refractivity contribution in [3.63, 3.8) is 0 Å². The number of nitrogens with two attached hydrogens (primary N) is 1. The van der Waals surface area contributed by atoms with Crippen LogP contribution < -0.4 is 16.1 Å². The van der Waals surface area contributed by atoms with Gasteiger partial charge in [-0.3, -0.25) is 19.2 Å². The van der Waals surface area contributed by atoms with Gasteiger partial charge in [-0.05, 0) is 61.2 Å². The molecule has 0 bridgehead atoms. The molecule has 37 heavy (non-hydrogen) atoms. The molecular formula is C25H28F4N4O4. The smallest absolute Gasteiger partial charge is 0.351 e. The minimum atomic E-state index is -4.54. The summed E-state index contributed by atoms with van der Waals surface area (Å²) in [7, 11) is 0. The molecule has 2 aromatic carbocycles.